The third-order valence-corrected chi connectivity index (χ3v) is 9.28. The zero-order chi connectivity index (χ0) is 30.5. The third kappa shape index (κ3) is 6.74. The Labute approximate surface area is 261 Å². The minimum atomic E-state index is -0.343. The molecular formula is C33H34FN5O2S2. The number of rotatable bonds is 9. The van der Waals surface area contributed by atoms with Gasteiger partial charge in [0.1, 0.15) is 27.6 Å². The number of unbranched alkanes of at least 4 members (excludes halogenated alkanes) is 1. The van der Waals surface area contributed by atoms with E-state index in [1.165, 1.54) is 34.4 Å². The summed E-state index contributed by atoms with van der Waals surface area (Å²) in [6.45, 7) is 8.46. The quantitative estimate of drug-likeness (QED) is 0.226. The smallest absolute Gasteiger partial charge is 0.270 e. The van der Waals surface area contributed by atoms with Crippen LogP contribution in [0.3, 0.4) is 0 Å². The van der Waals surface area contributed by atoms with E-state index in [1.807, 2.05) is 18.2 Å². The number of anilines is 1. The molecule has 0 saturated carbocycles. The van der Waals surface area contributed by atoms with Crippen molar-refractivity contribution in [2.24, 2.45) is 0 Å². The standard InChI is InChI=1S/C33H34FN5O2S2/c1-3-4-14-38-30(37-17-15-36(16-18-37)21-24-8-6-5-7-9-24)27(23(2)28(20-35)31(38)40)19-29-32(41)39(33(42)43-29)22-25-10-12-26(34)13-11-25/h5-13,19H,3-4,14-18,21-22H2,1-2H3/b29-19+. The molecule has 3 heterocycles. The van der Waals surface area contributed by atoms with E-state index in [-0.39, 0.29) is 29.4 Å². The average molecular weight is 616 g/mol. The lowest BCUT2D eigenvalue weighted by atomic mass is 10.0. The lowest BCUT2D eigenvalue weighted by molar-refractivity contribution is -0.122. The van der Waals surface area contributed by atoms with E-state index in [4.69, 9.17) is 12.2 Å². The van der Waals surface area contributed by atoms with Gasteiger partial charge >= 0.3 is 0 Å². The zero-order valence-corrected chi connectivity index (χ0v) is 26.0. The Hall–Kier alpha value is -3.78. The molecular weight excluding hydrogens is 582 g/mol. The largest absolute Gasteiger partial charge is 0.355 e. The van der Waals surface area contributed by atoms with Crippen molar-refractivity contribution in [1.82, 2.24) is 14.4 Å². The summed E-state index contributed by atoms with van der Waals surface area (Å²) in [4.78, 5) is 33.8. The van der Waals surface area contributed by atoms with Crippen LogP contribution in [0.5, 0.6) is 0 Å². The number of hydrogen-bond acceptors (Lipinski definition) is 7. The number of carbonyl (C=O) groups excluding carboxylic acids is 1. The number of piperazine rings is 1. The number of nitrogens with zero attached hydrogens (tertiary/aromatic N) is 5. The summed E-state index contributed by atoms with van der Waals surface area (Å²) in [6.07, 6.45) is 3.48. The number of thiocarbonyl (C=S) groups is 1. The molecule has 0 atom stereocenters. The van der Waals surface area contributed by atoms with Crippen molar-refractivity contribution in [3.63, 3.8) is 0 Å². The van der Waals surface area contributed by atoms with Crippen molar-refractivity contribution in [1.29, 1.82) is 5.26 Å². The lowest BCUT2D eigenvalue weighted by Crippen LogP contribution is -2.48. The maximum atomic E-state index is 13.6. The summed E-state index contributed by atoms with van der Waals surface area (Å²) in [6, 6.07) is 18.5. The number of thioether (sulfide) groups is 1. The molecule has 1 amide bonds. The Morgan fingerprint density at radius 3 is 2.33 bits per heavy atom. The van der Waals surface area contributed by atoms with Gasteiger partial charge in [-0.2, -0.15) is 5.26 Å². The Morgan fingerprint density at radius 2 is 1.67 bits per heavy atom. The molecule has 0 bridgehead atoms. The number of amides is 1. The highest BCUT2D eigenvalue weighted by Gasteiger charge is 2.34. The van der Waals surface area contributed by atoms with E-state index in [0.29, 0.717) is 40.0 Å². The highest BCUT2D eigenvalue weighted by molar-refractivity contribution is 8.26. The lowest BCUT2D eigenvalue weighted by Gasteiger charge is -2.38. The molecule has 10 heteroatoms. The molecule has 2 aliphatic rings. The minimum absolute atomic E-state index is 0.0932. The molecule has 0 spiro atoms. The highest BCUT2D eigenvalue weighted by Crippen LogP contribution is 2.37. The SMILES string of the molecule is CCCCn1c(N2CCN(Cc3ccccc3)CC2)c(/C=C2/SC(=S)N(Cc3ccc(F)cc3)C2=O)c(C)c(C#N)c1=O. The number of pyridine rings is 1. The van der Waals surface area contributed by atoms with Crippen molar-refractivity contribution in [2.45, 2.75) is 46.3 Å². The average Bonchev–Trinajstić information content (AvgIpc) is 3.27. The van der Waals surface area contributed by atoms with E-state index in [0.717, 1.165) is 43.9 Å². The van der Waals surface area contributed by atoms with E-state index in [1.54, 1.807) is 29.7 Å². The molecule has 2 aromatic carbocycles. The monoisotopic (exact) mass is 615 g/mol. The number of nitriles is 1. The second-order valence-electron chi connectivity index (χ2n) is 10.8. The molecule has 222 valence electrons. The number of hydrogen-bond donors (Lipinski definition) is 0. The molecule has 2 fully saturated rings. The summed E-state index contributed by atoms with van der Waals surface area (Å²) < 4.78 is 15.6. The second-order valence-corrected chi connectivity index (χ2v) is 12.5. The second kappa shape index (κ2) is 13.7. The van der Waals surface area contributed by atoms with E-state index < -0.39 is 0 Å². The number of benzene rings is 2. The van der Waals surface area contributed by atoms with Crippen molar-refractivity contribution in [2.75, 3.05) is 31.1 Å². The van der Waals surface area contributed by atoms with Gasteiger partial charge in [0.2, 0.25) is 0 Å². The van der Waals surface area contributed by atoms with Gasteiger partial charge in [-0.15, -0.1) is 0 Å². The Balaban J connectivity index is 1.50. The van der Waals surface area contributed by atoms with Gasteiger partial charge in [-0.1, -0.05) is 79.8 Å². The predicted octanol–water partition coefficient (Wildman–Crippen LogP) is 5.69. The van der Waals surface area contributed by atoms with Crippen molar-refractivity contribution < 1.29 is 9.18 Å². The van der Waals surface area contributed by atoms with Crippen LogP contribution in [0, 0.1) is 24.1 Å². The molecule has 5 rings (SSSR count). The van der Waals surface area contributed by atoms with Gasteiger partial charge in [-0.3, -0.25) is 24.0 Å². The fourth-order valence-corrected chi connectivity index (χ4v) is 6.74. The van der Waals surface area contributed by atoms with E-state index in [9.17, 15) is 19.2 Å². The van der Waals surface area contributed by atoms with Crippen molar-refractivity contribution in [3.05, 3.63) is 103 Å². The van der Waals surface area contributed by atoms with Crippen LogP contribution in [0.1, 0.15) is 47.6 Å². The summed E-state index contributed by atoms with van der Waals surface area (Å²) in [5.41, 5.74) is 3.08. The Bertz CT molecular complexity index is 1640. The van der Waals surface area contributed by atoms with Gasteiger partial charge < -0.3 is 4.90 Å². The van der Waals surface area contributed by atoms with Gasteiger partial charge in [-0.25, -0.2) is 4.39 Å². The maximum Gasteiger partial charge on any atom is 0.270 e. The molecule has 0 N–H and O–H groups in total. The van der Waals surface area contributed by atoms with Gasteiger partial charge in [-0.05, 0) is 48.2 Å². The Kier molecular flexibility index (Phi) is 9.76. The predicted molar refractivity (Wildman–Crippen MR) is 174 cm³/mol. The zero-order valence-electron chi connectivity index (χ0n) is 24.4. The summed E-state index contributed by atoms with van der Waals surface area (Å²) in [5.74, 6) is 0.157. The van der Waals surface area contributed by atoms with Gasteiger partial charge in [0.05, 0.1) is 11.4 Å². The molecule has 43 heavy (non-hydrogen) atoms. The van der Waals surface area contributed by atoms with Gasteiger partial charge in [0.15, 0.2) is 0 Å². The fourth-order valence-electron chi connectivity index (χ4n) is 5.51. The van der Waals surface area contributed by atoms with Gasteiger partial charge in [0.25, 0.3) is 11.5 Å². The highest BCUT2D eigenvalue weighted by atomic mass is 32.2. The van der Waals surface area contributed by atoms with Crippen molar-refractivity contribution in [3.8, 4) is 6.07 Å². The number of halogens is 1. The van der Waals surface area contributed by atoms with Crippen LogP contribution in [0.4, 0.5) is 10.2 Å². The number of aromatic nitrogens is 1. The number of carbonyl (C=O) groups is 1. The molecule has 0 aliphatic carbocycles. The van der Waals surface area contributed by atoms with Crippen LogP contribution in [0.2, 0.25) is 0 Å². The summed E-state index contributed by atoms with van der Waals surface area (Å²) >= 11 is 6.78. The molecule has 2 saturated heterocycles. The maximum absolute atomic E-state index is 13.6. The molecule has 0 radical (unpaired) electrons. The van der Waals surface area contributed by atoms with Crippen LogP contribution < -0.4 is 10.5 Å². The molecule has 0 unspecified atom stereocenters. The van der Waals surface area contributed by atoms with Crippen LogP contribution in [-0.2, 0) is 24.4 Å². The first kappa shape index (κ1) is 30.7. The van der Waals surface area contributed by atoms with Crippen LogP contribution >= 0.6 is 24.0 Å². The minimum Gasteiger partial charge on any atom is -0.355 e. The first-order valence-corrected chi connectivity index (χ1v) is 15.7. The summed E-state index contributed by atoms with van der Waals surface area (Å²) in [5, 5.41) is 10.00. The van der Waals surface area contributed by atoms with E-state index >= 15 is 0 Å². The summed E-state index contributed by atoms with van der Waals surface area (Å²) in [7, 11) is 0. The molecule has 7 nitrogen and oxygen atoms in total. The van der Waals surface area contributed by atoms with Crippen LogP contribution in [0.15, 0.2) is 64.3 Å². The molecule has 3 aromatic rings. The fraction of sp³-hybridized carbons (Fsp3) is 0.333. The first-order chi connectivity index (χ1) is 20.8. The molecule has 2 aliphatic heterocycles. The van der Waals surface area contributed by atoms with E-state index in [2.05, 4.69) is 34.9 Å². The normalized spacial score (nSPS) is 16.7. The molecule has 1 aromatic heterocycles. The third-order valence-electron chi connectivity index (χ3n) is 7.91. The topological polar surface area (TPSA) is 72.6 Å². The van der Waals surface area contributed by atoms with Crippen molar-refractivity contribution >= 4 is 46.1 Å². The van der Waals surface area contributed by atoms with Gasteiger partial charge in [0, 0.05) is 44.8 Å². The Morgan fingerprint density at radius 1 is 1.00 bits per heavy atom. The van der Waals surface area contributed by atoms with Crippen LogP contribution in [-0.4, -0.2) is 50.8 Å². The first-order valence-electron chi connectivity index (χ1n) is 14.5. The van der Waals surface area contributed by atoms with Crippen LogP contribution in [0.25, 0.3) is 6.08 Å².